The summed E-state index contributed by atoms with van der Waals surface area (Å²) in [7, 11) is 1.98. The van der Waals surface area contributed by atoms with Gasteiger partial charge in [-0.2, -0.15) is 0 Å². The third kappa shape index (κ3) is 2.54. The van der Waals surface area contributed by atoms with E-state index in [4.69, 9.17) is 4.74 Å². The van der Waals surface area contributed by atoms with Crippen molar-refractivity contribution < 1.29 is 9.13 Å². The second-order valence-corrected chi connectivity index (χ2v) is 6.04. The average molecular weight is 263 g/mol. The summed E-state index contributed by atoms with van der Waals surface area (Å²) >= 11 is 0. The van der Waals surface area contributed by atoms with Gasteiger partial charge in [0.1, 0.15) is 5.82 Å². The van der Waals surface area contributed by atoms with Crippen molar-refractivity contribution >= 4 is 0 Å². The highest BCUT2D eigenvalue weighted by Gasteiger charge is 2.50. The highest BCUT2D eigenvalue weighted by molar-refractivity contribution is 5.21. The van der Waals surface area contributed by atoms with Gasteiger partial charge in [-0.25, -0.2) is 4.39 Å². The van der Waals surface area contributed by atoms with E-state index in [1.54, 1.807) is 12.1 Å². The first kappa shape index (κ1) is 13.1. The van der Waals surface area contributed by atoms with Gasteiger partial charge in [0.05, 0.1) is 6.10 Å². The van der Waals surface area contributed by atoms with Gasteiger partial charge in [0, 0.05) is 18.6 Å². The lowest BCUT2D eigenvalue weighted by Crippen LogP contribution is -2.42. The molecule has 2 fully saturated rings. The summed E-state index contributed by atoms with van der Waals surface area (Å²) in [6.07, 6.45) is 4.66. The molecule has 104 valence electrons. The van der Waals surface area contributed by atoms with Gasteiger partial charge < -0.3 is 10.1 Å². The molecular weight excluding hydrogens is 241 g/mol. The minimum Gasteiger partial charge on any atom is -0.377 e. The van der Waals surface area contributed by atoms with Gasteiger partial charge in [-0.1, -0.05) is 18.2 Å². The summed E-state index contributed by atoms with van der Waals surface area (Å²) in [6, 6.07) is 7.15. The maximum atomic E-state index is 13.9. The smallest absolute Gasteiger partial charge is 0.126 e. The topological polar surface area (TPSA) is 21.3 Å². The van der Waals surface area contributed by atoms with Crippen molar-refractivity contribution in [2.45, 2.75) is 31.8 Å². The van der Waals surface area contributed by atoms with Crippen LogP contribution in [0.3, 0.4) is 0 Å². The molecule has 2 atom stereocenters. The molecule has 3 rings (SSSR count). The first-order valence-electron chi connectivity index (χ1n) is 7.25. The van der Waals surface area contributed by atoms with E-state index in [0.29, 0.717) is 12.0 Å². The van der Waals surface area contributed by atoms with Crippen LogP contribution in [0.5, 0.6) is 0 Å². The zero-order chi connectivity index (χ0) is 13.3. The summed E-state index contributed by atoms with van der Waals surface area (Å²) in [5.41, 5.74) is 0.895. The van der Waals surface area contributed by atoms with Crippen molar-refractivity contribution in [3.63, 3.8) is 0 Å². The molecule has 0 amide bonds. The van der Waals surface area contributed by atoms with E-state index >= 15 is 0 Å². The van der Waals surface area contributed by atoms with Crippen LogP contribution in [-0.4, -0.2) is 26.3 Å². The number of nitrogens with one attached hydrogen (secondary N) is 1. The molecule has 1 N–H and O–H groups in total. The van der Waals surface area contributed by atoms with Crippen molar-refractivity contribution in [2.24, 2.45) is 11.3 Å². The Labute approximate surface area is 114 Å². The molecule has 1 heterocycles. The van der Waals surface area contributed by atoms with Crippen LogP contribution in [0.15, 0.2) is 24.3 Å². The summed E-state index contributed by atoms with van der Waals surface area (Å²) < 4.78 is 19.9. The molecule has 0 bridgehead atoms. The average Bonchev–Trinajstić information content (AvgIpc) is 3.16. The second kappa shape index (κ2) is 5.22. The first-order chi connectivity index (χ1) is 9.25. The Morgan fingerprint density at radius 2 is 2.16 bits per heavy atom. The highest BCUT2D eigenvalue weighted by Crippen LogP contribution is 2.49. The molecule has 2 aliphatic rings. The van der Waals surface area contributed by atoms with Gasteiger partial charge in [-0.15, -0.1) is 0 Å². The van der Waals surface area contributed by atoms with Crippen LogP contribution in [0.1, 0.15) is 24.8 Å². The predicted molar refractivity (Wildman–Crippen MR) is 73.5 cm³/mol. The Balaban J connectivity index is 1.85. The van der Waals surface area contributed by atoms with Crippen LogP contribution in [0.25, 0.3) is 0 Å². The normalized spacial score (nSPS) is 30.7. The molecule has 19 heavy (non-hydrogen) atoms. The molecule has 2 unspecified atom stereocenters. The van der Waals surface area contributed by atoms with Crippen molar-refractivity contribution in [2.75, 3.05) is 20.2 Å². The fourth-order valence-corrected chi connectivity index (χ4v) is 3.56. The lowest BCUT2D eigenvalue weighted by molar-refractivity contribution is 0.0311. The Bertz CT molecular complexity index is 446. The van der Waals surface area contributed by atoms with Crippen LogP contribution in [0.4, 0.5) is 4.39 Å². The van der Waals surface area contributed by atoms with Crippen LogP contribution < -0.4 is 5.32 Å². The first-order valence-corrected chi connectivity index (χ1v) is 7.25. The number of rotatable bonds is 5. The molecule has 0 aromatic heterocycles. The van der Waals surface area contributed by atoms with Crippen molar-refractivity contribution in [1.29, 1.82) is 0 Å². The van der Waals surface area contributed by atoms with E-state index in [1.165, 1.54) is 12.8 Å². The van der Waals surface area contributed by atoms with Gasteiger partial charge >= 0.3 is 0 Å². The van der Waals surface area contributed by atoms with Crippen LogP contribution >= 0.6 is 0 Å². The number of hydrogen-bond donors (Lipinski definition) is 1. The zero-order valence-corrected chi connectivity index (χ0v) is 11.5. The SMILES string of the molecule is CNCC1(Cc2ccccc2F)CCOC1C1CC1. The molecule has 1 aromatic carbocycles. The third-order valence-corrected chi connectivity index (χ3v) is 4.58. The molecule has 2 nitrogen and oxygen atoms in total. The van der Waals surface area contributed by atoms with Crippen LogP contribution in [-0.2, 0) is 11.2 Å². The number of halogens is 1. The fourth-order valence-electron chi connectivity index (χ4n) is 3.56. The Morgan fingerprint density at radius 1 is 1.37 bits per heavy atom. The molecule has 1 aliphatic carbocycles. The Kier molecular flexibility index (Phi) is 3.59. The molecule has 1 saturated heterocycles. The molecule has 1 aliphatic heterocycles. The van der Waals surface area contributed by atoms with Crippen molar-refractivity contribution in [3.8, 4) is 0 Å². The number of benzene rings is 1. The van der Waals surface area contributed by atoms with Crippen molar-refractivity contribution in [1.82, 2.24) is 5.32 Å². The summed E-state index contributed by atoms with van der Waals surface area (Å²) in [5.74, 6) is 0.613. The van der Waals surface area contributed by atoms with E-state index in [2.05, 4.69) is 5.32 Å². The minimum absolute atomic E-state index is 0.0676. The zero-order valence-electron chi connectivity index (χ0n) is 11.5. The predicted octanol–water partition coefficient (Wildman–Crippen LogP) is 2.77. The van der Waals surface area contributed by atoms with Gasteiger partial charge in [0.2, 0.25) is 0 Å². The monoisotopic (exact) mass is 263 g/mol. The van der Waals surface area contributed by atoms with E-state index < -0.39 is 0 Å². The summed E-state index contributed by atoms with van der Waals surface area (Å²) in [4.78, 5) is 0. The Morgan fingerprint density at radius 3 is 2.84 bits per heavy atom. The van der Waals surface area contributed by atoms with Crippen LogP contribution in [0, 0.1) is 17.2 Å². The van der Waals surface area contributed by atoms with E-state index in [0.717, 1.165) is 31.6 Å². The van der Waals surface area contributed by atoms with Gasteiger partial charge in [0.15, 0.2) is 0 Å². The molecular formula is C16H22FNO. The van der Waals surface area contributed by atoms with Gasteiger partial charge in [-0.05, 0) is 50.3 Å². The maximum absolute atomic E-state index is 13.9. The Hall–Kier alpha value is -0.930. The van der Waals surface area contributed by atoms with Crippen molar-refractivity contribution in [3.05, 3.63) is 35.6 Å². The summed E-state index contributed by atoms with van der Waals surface area (Å²) in [6.45, 7) is 1.72. The molecule has 1 aromatic rings. The molecule has 3 heteroatoms. The summed E-state index contributed by atoms with van der Waals surface area (Å²) in [5, 5.41) is 3.30. The molecule has 1 saturated carbocycles. The number of hydrogen-bond acceptors (Lipinski definition) is 2. The lowest BCUT2D eigenvalue weighted by Gasteiger charge is -2.34. The van der Waals surface area contributed by atoms with E-state index in [-0.39, 0.29) is 11.2 Å². The minimum atomic E-state index is -0.0839. The highest BCUT2D eigenvalue weighted by atomic mass is 19.1. The maximum Gasteiger partial charge on any atom is 0.126 e. The second-order valence-electron chi connectivity index (χ2n) is 6.04. The standard InChI is InChI=1S/C16H22FNO/c1-18-11-16(8-9-19-15(16)12-6-7-12)10-13-4-2-3-5-14(13)17/h2-5,12,15,18H,6-11H2,1H3. The lowest BCUT2D eigenvalue weighted by atomic mass is 9.74. The van der Waals surface area contributed by atoms with Crippen LogP contribution in [0.2, 0.25) is 0 Å². The molecule has 0 radical (unpaired) electrons. The van der Waals surface area contributed by atoms with E-state index in [1.807, 2.05) is 19.2 Å². The quantitative estimate of drug-likeness (QED) is 0.882. The number of ether oxygens (including phenoxy) is 1. The fraction of sp³-hybridized carbons (Fsp3) is 0.625. The van der Waals surface area contributed by atoms with Gasteiger partial charge in [-0.3, -0.25) is 0 Å². The molecule has 0 spiro atoms. The third-order valence-electron chi connectivity index (χ3n) is 4.58. The van der Waals surface area contributed by atoms with E-state index in [9.17, 15) is 4.39 Å². The van der Waals surface area contributed by atoms with Gasteiger partial charge in [0.25, 0.3) is 0 Å². The largest absolute Gasteiger partial charge is 0.377 e.